The normalized spacial score (nSPS) is 11.1. The van der Waals surface area contributed by atoms with Gasteiger partial charge in [-0.15, -0.1) is 0 Å². The lowest BCUT2D eigenvalue weighted by atomic mass is 10.1. The van der Waals surface area contributed by atoms with E-state index in [0.29, 0.717) is 55.9 Å². The maximum atomic E-state index is 13.4. The molecule has 1 atom stereocenters. The van der Waals surface area contributed by atoms with Crippen molar-refractivity contribution in [3.8, 4) is 11.5 Å². The number of hydrogen-bond donors (Lipinski definition) is 3. The van der Waals surface area contributed by atoms with Gasteiger partial charge in [0.05, 0.1) is 12.7 Å². The number of carbonyl (C=O) groups is 5. The Labute approximate surface area is 334 Å². The molecule has 0 unspecified atom stereocenters. The van der Waals surface area contributed by atoms with E-state index in [1.807, 2.05) is 91.0 Å². The van der Waals surface area contributed by atoms with E-state index in [1.54, 1.807) is 18.2 Å². The van der Waals surface area contributed by atoms with Gasteiger partial charge in [0.2, 0.25) is 17.7 Å². The lowest BCUT2D eigenvalue weighted by Gasteiger charge is -2.22. The van der Waals surface area contributed by atoms with Crippen LogP contribution in [-0.2, 0) is 48.6 Å². The zero-order valence-corrected chi connectivity index (χ0v) is 32.6. The molecule has 13 heteroatoms. The van der Waals surface area contributed by atoms with E-state index in [2.05, 4.69) is 20.7 Å². The molecule has 0 aliphatic carbocycles. The van der Waals surface area contributed by atoms with E-state index in [1.165, 1.54) is 19.1 Å². The zero-order valence-electron chi connectivity index (χ0n) is 32.6. The van der Waals surface area contributed by atoms with Crippen molar-refractivity contribution in [2.45, 2.75) is 71.3 Å². The molecule has 0 heterocycles. The molecule has 0 aliphatic heterocycles. The van der Waals surface area contributed by atoms with E-state index in [9.17, 15) is 24.0 Å². The number of nitrogens with zero attached hydrogens (tertiary/aromatic N) is 1. The molecular formula is C44H52N4O9. The highest BCUT2D eigenvalue weighted by molar-refractivity contribution is 5.97. The summed E-state index contributed by atoms with van der Waals surface area (Å²) in [7, 11) is 1.21. The fraction of sp³-hybridized carbons (Fsp3) is 0.341. The van der Waals surface area contributed by atoms with Crippen LogP contribution >= 0.6 is 0 Å². The number of ether oxygens (including phenoxy) is 3. The van der Waals surface area contributed by atoms with E-state index >= 15 is 0 Å². The number of carbonyl (C=O) groups excluding carboxylic acids is 5. The highest BCUT2D eigenvalue weighted by atomic mass is 16.7. The van der Waals surface area contributed by atoms with Gasteiger partial charge >= 0.3 is 5.97 Å². The van der Waals surface area contributed by atoms with Gasteiger partial charge in [-0.05, 0) is 54.5 Å². The largest absolute Gasteiger partial charge is 0.485 e. The van der Waals surface area contributed by atoms with Crippen LogP contribution in [0.25, 0.3) is 0 Å². The van der Waals surface area contributed by atoms with Gasteiger partial charge in [0.25, 0.3) is 5.91 Å². The van der Waals surface area contributed by atoms with Crippen LogP contribution in [0, 0.1) is 0 Å². The smallest absolute Gasteiger partial charge is 0.325 e. The molecule has 0 saturated carbocycles. The third kappa shape index (κ3) is 15.8. The summed E-state index contributed by atoms with van der Waals surface area (Å²) < 4.78 is 16.9. The first-order chi connectivity index (χ1) is 27.7. The summed E-state index contributed by atoms with van der Waals surface area (Å²) >= 11 is 0. The van der Waals surface area contributed by atoms with Crippen LogP contribution in [0.5, 0.6) is 11.5 Å². The molecule has 3 N–H and O–H groups in total. The lowest BCUT2D eigenvalue weighted by Crippen LogP contribution is -2.48. The van der Waals surface area contributed by atoms with Gasteiger partial charge < -0.3 is 30.2 Å². The Balaban J connectivity index is 1.25. The van der Waals surface area contributed by atoms with Crippen LogP contribution in [0.4, 0.5) is 0 Å². The molecule has 302 valence electrons. The van der Waals surface area contributed by atoms with Crippen LogP contribution < -0.4 is 25.4 Å². The van der Waals surface area contributed by atoms with Gasteiger partial charge in [-0.2, -0.15) is 0 Å². The Kier molecular flexibility index (Phi) is 18.6. The molecule has 0 bridgehead atoms. The van der Waals surface area contributed by atoms with Crippen molar-refractivity contribution in [2.75, 3.05) is 26.7 Å². The quantitative estimate of drug-likeness (QED) is 0.0463. The number of nitrogens with one attached hydrogen (secondary N) is 3. The van der Waals surface area contributed by atoms with Crippen molar-refractivity contribution < 1.29 is 43.0 Å². The number of methoxy groups -OCH3 is 1. The average molecular weight is 781 g/mol. The predicted molar refractivity (Wildman–Crippen MR) is 214 cm³/mol. The maximum Gasteiger partial charge on any atom is 0.325 e. The van der Waals surface area contributed by atoms with Crippen LogP contribution in [0.3, 0.4) is 0 Å². The summed E-state index contributed by atoms with van der Waals surface area (Å²) in [5.41, 5.74) is 3.17. The number of para-hydroxylation sites is 1. The van der Waals surface area contributed by atoms with Crippen LogP contribution in [0.15, 0.2) is 109 Å². The van der Waals surface area contributed by atoms with Gasteiger partial charge in [0, 0.05) is 26.4 Å². The SMILES string of the molecule is COC(=O)CNC(=O)[C@H](CCCN(OCc1ccccc1)C(C)=O)NC(=O)CCCCCNC(=O)c1cccc(OCc2ccccc2)c1OCc1ccccc1. The second kappa shape index (κ2) is 24.3. The molecule has 0 saturated heterocycles. The first kappa shape index (κ1) is 43.5. The second-order valence-electron chi connectivity index (χ2n) is 13.2. The molecule has 0 aromatic heterocycles. The summed E-state index contributed by atoms with van der Waals surface area (Å²) in [6.07, 6.45) is 2.43. The Morgan fingerprint density at radius 2 is 1.28 bits per heavy atom. The summed E-state index contributed by atoms with van der Waals surface area (Å²) in [4.78, 5) is 68.9. The number of hydrogen-bond acceptors (Lipinski definition) is 9. The molecule has 0 spiro atoms. The van der Waals surface area contributed by atoms with Crippen molar-refractivity contribution in [3.63, 3.8) is 0 Å². The van der Waals surface area contributed by atoms with Crippen LogP contribution in [0.1, 0.15) is 72.5 Å². The Morgan fingerprint density at radius 1 is 0.667 bits per heavy atom. The molecule has 57 heavy (non-hydrogen) atoms. The Morgan fingerprint density at radius 3 is 1.89 bits per heavy atom. The second-order valence-corrected chi connectivity index (χ2v) is 13.2. The summed E-state index contributed by atoms with van der Waals surface area (Å²) in [6, 6.07) is 33.1. The van der Waals surface area contributed by atoms with Crippen molar-refractivity contribution in [2.24, 2.45) is 0 Å². The van der Waals surface area contributed by atoms with E-state index in [0.717, 1.165) is 16.7 Å². The fourth-order valence-corrected chi connectivity index (χ4v) is 5.68. The minimum Gasteiger partial charge on any atom is -0.485 e. The number of hydroxylamine groups is 2. The van der Waals surface area contributed by atoms with Gasteiger partial charge in [-0.1, -0.05) is 103 Å². The van der Waals surface area contributed by atoms with E-state index in [-0.39, 0.29) is 56.9 Å². The molecule has 4 rings (SSSR count). The third-order valence-corrected chi connectivity index (χ3v) is 8.77. The van der Waals surface area contributed by atoms with E-state index < -0.39 is 17.9 Å². The maximum absolute atomic E-state index is 13.4. The molecule has 0 fully saturated rings. The average Bonchev–Trinajstić information content (AvgIpc) is 3.24. The summed E-state index contributed by atoms with van der Waals surface area (Å²) in [5, 5.41) is 9.44. The molecule has 4 amide bonds. The number of unbranched alkanes of at least 4 members (excludes halogenated alkanes) is 2. The minimum absolute atomic E-state index is 0.146. The standard InChI is InChI=1S/C44H52N4O9/c1-33(49)48(57-32-36-21-11-5-12-22-36)28-16-24-38(44(53)46-29-41(51)54-2)47-40(50)26-13-6-14-27-45-43(52)37-23-15-25-39(55-30-34-17-7-3-8-18-34)42(37)56-31-35-19-9-4-10-20-35/h3-5,7-12,15,17-23,25,38H,6,13-14,16,24,26-32H2,1-2H3,(H,45,52)(H,46,53)(H,47,50)/t38-/m0/s1. The van der Waals surface area contributed by atoms with Crippen molar-refractivity contribution in [1.82, 2.24) is 21.0 Å². The molecule has 13 nitrogen and oxygen atoms in total. The van der Waals surface area contributed by atoms with Gasteiger partial charge in [-0.3, -0.25) is 28.8 Å². The molecule has 4 aromatic carbocycles. The number of benzene rings is 4. The summed E-state index contributed by atoms with van der Waals surface area (Å²) in [6.45, 7) is 2.36. The minimum atomic E-state index is -0.949. The molecule has 4 aromatic rings. The van der Waals surface area contributed by atoms with Crippen molar-refractivity contribution in [1.29, 1.82) is 0 Å². The molecule has 0 aliphatic rings. The Hall–Kier alpha value is -6.21. The lowest BCUT2D eigenvalue weighted by molar-refractivity contribution is -0.189. The first-order valence-corrected chi connectivity index (χ1v) is 19.1. The van der Waals surface area contributed by atoms with Crippen molar-refractivity contribution in [3.05, 3.63) is 131 Å². The van der Waals surface area contributed by atoms with Crippen molar-refractivity contribution >= 4 is 29.6 Å². The third-order valence-electron chi connectivity index (χ3n) is 8.77. The van der Waals surface area contributed by atoms with Crippen LogP contribution in [-0.4, -0.2) is 67.4 Å². The van der Waals surface area contributed by atoms with Gasteiger partial charge in [0.15, 0.2) is 11.5 Å². The highest BCUT2D eigenvalue weighted by Crippen LogP contribution is 2.33. The summed E-state index contributed by atoms with van der Waals surface area (Å²) in [5.74, 6) is -1.31. The zero-order chi connectivity index (χ0) is 40.7. The van der Waals surface area contributed by atoms with E-state index in [4.69, 9.17) is 14.3 Å². The molecular weight excluding hydrogens is 729 g/mol. The fourth-order valence-electron chi connectivity index (χ4n) is 5.68. The monoisotopic (exact) mass is 780 g/mol. The number of rotatable bonds is 24. The topological polar surface area (TPSA) is 162 Å². The van der Waals surface area contributed by atoms with Crippen LogP contribution in [0.2, 0.25) is 0 Å². The number of amides is 4. The molecule has 0 radical (unpaired) electrons. The predicted octanol–water partition coefficient (Wildman–Crippen LogP) is 5.67. The Bertz CT molecular complexity index is 1860. The first-order valence-electron chi connectivity index (χ1n) is 19.1. The van der Waals surface area contributed by atoms with Gasteiger partial charge in [-0.25, -0.2) is 5.06 Å². The highest BCUT2D eigenvalue weighted by Gasteiger charge is 2.23. The van der Waals surface area contributed by atoms with Gasteiger partial charge in [0.1, 0.15) is 32.4 Å². The number of esters is 1.